The normalized spacial score (nSPS) is 23.2. The zero-order valence-electron chi connectivity index (χ0n) is 11.1. The lowest BCUT2D eigenvalue weighted by Gasteiger charge is -2.38. The Morgan fingerprint density at radius 2 is 1.69 bits per heavy atom. The molecule has 16 heavy (non-hydrogen) atoms. The van der Waals surface area contributed by atoms with Gasteiger partial charge in [-0.05, 0) is 19.3 Å². The Bertz CT molecular complexity index is 175. The van der Waals surface area contributed by atoms with E-state index in [2.05, 4.69) is 46.5 Å². The molecule has 3 heteroatoms. The molecule has 1 fully saturated rings. The van der Waals surface area contributed by atoms with Gasteiger partial charge in [0.05, 0.1) is 0 Å². The summed E-state index contributed by atoms with van der Waals surface area (Å²) in [6.45, 7) is 13.2. The number of hydrogen-bond donors (Lipinski definition) is 0. The Kier molecular flexibility index (Phi) is 6.94. The molecule has 1 aliphatic rings. The quantitative estimate of drug-likeness (QED) is 0.694. The molecule has 0 aromatic rings. The number of hydrogen-bond acceptors (Lipinski definition) is 2. The summed E-state index contributed by atoms with van der Waals surface area (Å²) in [6, 6.07) is 0.764. The zero-order valence-corrected chi connectivity index (χ0v) is 12.7. The van der Waals surface area contributed by atoms with Crippen molar-refractivity contribution in [3.8, 4) is 0 Å². The van der Waals surface area contributed by atoms with Crippen LogP contribution in [-0.2, 0) is 0 Å². The molecular formula is C13H27BrN2. The van der Waals surface area contributed by atoms with Crippen molar-refractivity contribution in [2.24, 2.45) is 5.92 Å². The average Bonchev–Trinajstić information content (AvgIpc) is 2.35. The van der Waals surface area contributed by atoms with Gasteiger partial charge in [0.1, 0.15) is 0 Å². The summed E-state index contributed by atoms with van der Waals surface area (Å²) in [5.41, 5.74) is 0. The van der Waals surface area contributed by atoms with Gasteiger partial charge in [0.2, 0.25) is 0 Å². The van der Waals surface area contributed by atoms with E-state index in [1.165, 1.54) is 45.6 Å². The van der Waals surface area contributed by atoms with Crippen LogP contribution in [0, 0.1) is 5.92 Å². The van der Waals surface area contributed by atoms with E-state index in [4.69, 9.17) is 0 Å². The Balaban J connectivity index is 2.26. The molecule has 0 spiro atoms. The molecule has 0 bridgehead atoms. The van der Waals surface area contributed by atoms with Crippen LogP contribution in [0.5, 0.6) is 0 Å². The molecule has 96 valence electrons. The lowest BCUT2D eigenvalue weighted by Crippen LogP contribution is -2.50. The van der Waals surface area contributed by atoms with Crippen molar-refractivity contribution in [2.75, 3.05) is 38.1 Å². The summed E-state index contributed by atoms with van der Waals surface area (Å²) in [5, 5.41) is 1.15. The van der Waals surface area contributed by atoms with Gasteiger partial charge >= 0.3 is 0 Å². The molecule has 2 unspecified atom stereocenters. The zero-order chi connectivity index (χ0) is 12.0. The molecule has 0 N–H and O–H groups in total. The van der Waals surface area contributed by atoms with Gasteiger partial charge in [-0.2, -0.15) is 0 Å². The maximum absolute atomic E-state index is 3.61. The monoisotopic (exact) mass is 290 g/mol. The Hall–Kier alpha value is 0.400. The number of alkyl halides is 1. The highest BCUT2D eigenvalue weighted by Crippen LogP contribution is 2.13. The van der Waals surface area contributed by atoms with Crippen LogP contribution in [0.4, 0.5) is 0 Å². The van der Waals surface area contributed by atoms with Crippen molar-refractivity contribution in [1.82, 2.24) is 9.80 Å². The molecule has 1 heterocycles. The first-order valence-electron chi connectivity index (χ1n) is 6.73. The number of nitrogens with zero attached hydrogens (tertiary/aromatic N) is 2. The minimum atomic E-state index is 0.764. The molecule has 0 radical (unpaired) electrons. The SMILES string of the molecule is CCC(CBr)CN1CCN(C(C)CC)CC1. The molecule has 0 aliphatic carbocycles. The second kappa shape index (κ2) is 7.67. The van der Waals surface area contributed by atoms with E-state index in [-0.39, 0.29) is 0 Å². The first kappa shape index (κ1) is 14.5. The first-order chi connectivity index (χ1) is 7.71. The van der Waals surface area contributed by atoms with Crippen molar-refractivity contribution in [2.45, 2.75) is 39.7 Å². The standard InChI is InChI=1S/C13H27BrN2/c1-4-12(3)16-8-6-15(7-9-16)11-13(5-2)10-14/h12-13H,4-11H2,1-3H3. The minimum Gasteiger partial charge on any atom is -0.300 e. The number of halogens is 1. The van der Waals surface area contributed by atoms with Crippen molar-refractivity contribution >= 4 is 15.9 Å². The fourth-order valence-corrected chi connectivity index (χ4v) is 2.96. The maximum Gasteiger partial charge on any atom is 0.0113 e. The molecule has 0 aromatic heterocycles. The van der Waals surface area contributed by atoms with Gasteiger partial charge in [-0.15, -0.1) is 0 Å². The van der Waals surface area contributed by atoms with Crippen molar-refractivity contribution in [3.05, 3.63) is 0 Å². The lowest BCUT2D eigenvalue weighted by molar-refractivity contribution is 0.0919. The average molecular weight is 291 g/mol. The molecule has 2 atom stereocenters. The highest BCUT2D eigenvalue weighted by molar-refractivity contribution is 9.09. The van der Waals surface area contributed by atoms with Crippen LogP contribution in [0.1, 0.15) is 33.6 Å². The number of rotatable bonds is 6. The maximum atomic E-state index is 3.61. The molecule has 0 amide bonds. The molecule has 0 aromatic carbocycles. The van der Waals surface area contributed by atoms with Gasteiger partial charge in [0, 0.05) is 44.1 Å². The van der Waals surface area contributed by atoms with Gasteiger partial charge in [0.25, 0.3) is 0 Å². The summed E-state index contributed by atoms with van der Waals surface area (Å²) in [5.74, 6) is 0.829. The predicted molar refractivity (Wildman–Crippen MR) is 75.3 cm³/mol. The van der Waals surface area contributed by atoms with E-state index < -0.39 is 0 Å². The van der Waals surface area contributed by atoms with Crippen LogP contribution in [0.3, 0.4) is 0 Å². The molecule has 0 saturated carbocycles. The van der Waals surface area contributed by atoms with Gasteiger partial charge in [0.15, 0.2) is 0 Å². The van der Waals surface area contributed by atoms with E-state index in [0.29, 0.717) is 0 Å². The smallest absolute Gasteiger partial charge is 0.0113 e. The topological polar surface area (TPSA) is 6.48 Å². The summed E-state index contributed by atoms with van der Waals surface area (Å²) in [6.07, 6.45) is 2.57. The van der Waals surface area contributed by atoms with Gasteiger partial charge in [-0.1, -0.05) is 36.2 Å². The van der Waals surface area contributed by atoms with E-state index in [9.17, 15) is 0 Å². The van der Waals surface area contributed by atoms with Crippen molar-refractivity contribution in [1.29, 1.82) is 0 Å². The van der Waals surface area contributed by atoms with Crippen molar-refractivity contribution in [3.63, 3.8) is 0 Å². The molecular weight excluding hydrogens is 264 g/mol. The van der Waals surface area contributed by atoms with Gasteiger partial charge < -0.3 is 4.90 Å². The lowest BCUT2D eigenvalue weighted by atomic mass is 10.1. The van der Waals surface area contributed by atoms with Crippen LogP contribution >= 0.6 is 15.9 Å². The molecule has 1 rings (SSSR count). The number of piperazine rings is 1. The highest BCUT2D eigenvalue weighted by Gasteiger charge is 2.21. The van der Waals surface area contributed by atoms with E-state index >= 15 is 0 Å². The van der Waals surface area contributed by atoms with Gasteiger partial charge in [-0.3, -0.25) is 4.90 Å². The highest BCUT2D eigenvalue weighted by atomic mass is 79.9. The molecule has 1 aliphatic heterocycles. The Labute approximate surface area is 109 Å². The third-order valence-electron chi connectivity index (χ3n) is 3.93. The van der Waals surface area contributed by atoms with Crippen LogP contribution in [0.15, 0.2) is 0 Å². The molecule has 1 saturated heterocycles. The largest absolute Gasteiger partial charge is 0.300 e. The van der Waals surface area contributed by atoms with Crippen LogP contribution in [-0.4, -0.2) is 53.9 Å². The van der Waals surface area contributed by atoms with Crippen LogP contribution in [0.25, 0.3) is 0 Å². The Morgan fingerprint density at radius 1 is 1.06 bits per heavy atom. The summed E-state index contributed by atoms with van der Waals surface area (Å²) < 4.78 is 0. The van der Waals surface area contributed by atoms with Gasteiger partial charge in [-0.25, -0.2) is 0 Å². The Morgan fingerprint density at radius 3 is 2.12 bits per heavy atom. The van der Waals surface area contributed by atoms with E-state index in [1.807, 2.05) is 0 Å². The predicted octanol–water partition coefficient (Wildman–Crippen LogP) is 2.82. The first-order valence-corrected chi connectivity index (χ1v) is 7.85. The van der Waals surface area contributed by atoms with Crippen molar-refractivity contribution < 1.29 is 0 Å². The summed E-state index contributed by atoms with van der Waals surface area (Å²) >= 11 is 3.61. The van der Waals surface area contributed by atoms with Crippen LogP contribution in [0.2, 0.25) is 0 Å². The second-order valence-corrected chi connectivity index (χ2v) is 5.67. The van der Waals surface area contributed by atoms with E-state index in [0.717, 1.165) is 17.3 Å². The summed E-state index contributed by atoms with van der Waals surface area (Å²) in [4.78, 5) is 5.26. The fraction of sp³-hybridized carbons (Fsp3) is 1.00. The molecule has 2 nitrogen and oxygen atoms in total. The van der Waals surface area contributed by atoms with E-state index in [1.54, 1.807) is 0 Å². The fourth-order valence-electron chi connectivity index (χ4n) is 2.30. The third kappa shape index (κ3) is 4.34. The minimum absolute atomic E-state index is 0.764. The summed E-state index contributed by atoms with van der Waals surface area (Å²) in [7, 11) is 0. The second-order valence-electron chi connectivity index (χ2n) is 5.02. The third-order valence-corrected chi connectivity index (χ3v) is 4.85. The van der Waals surface area contributed by atoms with Crippen LogP contribution < -0.4 is 0 Å².